The van der Waals surface area contributed by atoms with Crippen LogP contribution in [0.3, 0.4) is 0 Å². The molecule has 0 radical (unpaired) electrons. The van der Waals surface area contributed by atoms with Crippen LogP contribution in [0.2, 0.25) is 0 Å². The molecule has 0 unspecified atom stereocenters. The van der Waals surface area contributed by atoms with E-state index in [1.807, 2.05) is 0 Å². The number of ether oxygens (including phenoxy) is 1. The van der Waals surface area contributed by atoms with Crippen molar-refractivity contribution in [2.45, 2.75) is 11.1 Å². The number of halogens is 1. The van der Waals surface area contributed by atoms with Gasteiger partial charge in [-0.25, -0.2) is 17.6 Å². The number of aryl methyl sites for hydroxylation is 1. The number of esters is 1. The van der Waals surface area contributed by atoms with E-state index in [9.17, 15) is 22.4 Å². The van der Waals surface area contributed by atoms with E-state index in [1.54, 1.807) is 6.92 Å². The fourth-order valence-corrected chi connectivity index (χ4v) is 6.25. The van der Waals surface area contributed by atoms with Gasteiger partial charge in [-0.1, -0.05) is 5.16 Å². The van der Waals surface area contributed by atoms with E-state index in [0.717, 1.165) is 11.3 Å². The van der Waals surface area contributed by atoms with Crippen LogP contribution in [0, 0.1) is 12.7 Å². The molecule has 1 fully saturated rings. The third kappa shape index (κ3) is 4.41. The summed E-state index contributed by atoms with van der Waals surface area (Å²) in [6.45, 7) is 2.14. The molecular formula is C21H20FN3O6S2. The van der Waals surface area contributed by atoms with Gasteiger partial charge in [-0.2, -0.15) is 4.31 Å². The minimum atomic E-state index is -3.81. The lowest BCUT2D eigenvalue weighted by Gasteiger charge is -2.33. The van der Waals surface area contributed by atoms with Gasteiger partial charge in [0.15, 0.2) is 0 Å². The van der Waals surface area contributed by atoms with Gasteiger partial charge in [0.05, 0.1) is 12.7 Å². The average Bonchev–Trinajstić information content (AvgIpc) is 3.46. The molecule has 174 valence electrons. The standard InChI is InChI=1S/C21H20FN3O6S2/c1-13-18(19(23-31-13)14-3-5-16(22)6-4-14)20(26)24-7-9-25(10-8-24)33(28,29)17-11-15(12-32-17)21(27)30-2/h3-6,11-12H,7-10H2,1-2H3. The number of hydrogen-bond donors (Lipinski definition) is 0. The topological polar surface area (TPSA) is 110 Å². The summed E-state index contributed by atoms with van der Waals surface area (Å²) >= 11 is 0.943. The molecule has 0 bridgehead atoms. The number of benzene rings is 1. The smallest absolute Gasteiger partial charge is 0.338 e. The highest BCUT2D eigenvalue weighted by atomic mass is 32.2. The summed E-state index contributed by atoms with van der Waals surface area (Å²) in [5.74, 6) is -1.03. The van der Waals surface area contributed by atoms with Gasteiger partial charge in [0, 0.05) is 37.1 Å². The van der Waals surface area contributed by atoms with E-state index in [0.29, 0.717) is 17.0 Å². The van der Waals surface area contributed by atoms with Crippen molar-refractivity contribution in [3.8, 4) is 11.3 Å². The van der Waals surface area contributed by atoms with Crippen molar-refractivity contribution in [3.05, 3.63) is 58.4 Å². The third-order valence-corrected chi connectivity index (χ3v) is 8.62. The Bertz CT molecular complexity index is 1290. The molecule has 0 saturated carbocycles. The Labute approximate surface area is 193 Å². The van der Waals surface area contributed by atoms with E-state index in [-0.39, 0.29) is 47.4 Å². The number of carbonyl (C=O) groups excluding carboxylic acids is 2. The van der Waals surface area contributed by atoms with Crippen molar-refractivity contribution in [1.82, 2.24) is 14.4 Å². The van der Waals surface area contributed by atoms with Crippen LogP contribution in [0.15, 0.2) is 44.4 Å². The first-order valence-electron chi connectivity index (χ1n) is 9.91. The number of aromatic nitrogens is 1. The first kappa shape index (κ1) is 23.1. The molecule has 33 heavy (non-hydrogen) atoms. The summed E-state index contributed by atoms with van der Waals surface area (Å²) in [6.07, 6.45) is 0. The molecule has 9 nitrogen and oxygen atoms in total. The van der Waals surface area contributed by atoms with Crippen LogP contribution in [-0.2, 0) is 14.8 Å². The van der Waals surface area contributed by atoms with E-state index >= 15 is 0 Å². The minimum absolute atomic E-state index is 0.0381. The number of sulfonamides is 1. The summed E-state index contributed by atoms with van der Waals surface area (Å²) in [7, 11) is -2.58. The third-order valence-electron chi connectivity index (χ3n) is 5.31. The Morgan fingerprint density at radius 1 is 1.15 bits per heavy atom. The zero-order chi connectivity index (χ0) is 23.8. The quantitative estimate of drug-likeness (QED) is 0.503. The molecule has 1 aliphatic rings. The number of amides is 1. The van der Waals surface area contributed by atoms with Gasteiger partial charge < -0.3 is 14.2 Å². The summed E-state index contributed by atoms with van der Waals surface area (Å²) in [5.41, 5.74) is 1.28. The Balaban J connectivity index is 1.49. The number of thiophene rings is 1. The van der Waals surface area contributed by atoms with Crippen molar-refractivity contribution in [2.24, 2.45) is 0 Å². The zero-order valence-corrected chi connectivity index (χ0v) is 19.4. The molecule has 0 atom stereocenters. The van der Waals surface area contributed by atoms with Gasteiger partial charge in [-0.05, 0) is 37.3 Å². The largest absolute Gasteiger partial charge is 0.465 e. The summed E-state index contributed by atoms with van der Waals surface area (Å²) in [5, 5.41) is 5.40. The second kappa shape index (κ2) is 9.04. The number of piperazine rings is 1. The molecule has 0 N–H and O–H groups in total. The fraction of sp³-hybridized carbons (Fsp3) is 0.286. The molecule has 1 amide bonds. The van der Waals surface area contributed by atoms with E-state index in [2.05, 4.69) is 9.89 Å². The summed E-state index contributed by atoms with van der Waals surface area (Å²) in [4.78, 5) is 26.4. The highest BCUT2D eigenvalue weighted by Gasteiger charge is 2.34. The molecule has 12 heteroatoms. The lowest BCUT2D eigenvalue weighted by Crippen LogP contribution is -2.50. The van der Waals surface area contributed by atoms with Gasteiger partial charge >= 0.3 is 5.97 Å². The van der Waals surface area contributed by atoms with Crippen molar-refractivity contribution in [1.29, 1.82) is 0 Å². The molecule has 1 aliphatic heterocycles. The van der Waals surface area contributed by atoms with Crippen molar-refractivity contribution in [2.75, 3.05) is 33.3 Å². The van der Waals surface area contributed by atoms with Gasteiger partial charge in [-0.15, -0.1) is 11.3 Å². The maximum absolute atomic E-state index is 13.3. The van der Waals surface area contributed by atoms with Crippen molar-refractivity contribution in [3.63, 3.8) is 0 Å². The average molecular weight is 494 g/mol. The number of methoxy groups -OCH3 is 1. The van der Waals surface area contributed by atoms with Crippen LogP contribution in [0.5, 0.6) is 0 Å². The van der Waals surface area contributed by atoms with Crippen LogP contribution in [0.4, 0.5) is 4.39 Å². The maximum Gasteiger partial charge on any atom is 0.338 e. The fourth-order valence-electron chi connectivity index (χ4n) is 3.52. The minimum Gasteiger partial charge on any atom is -0.465 e. The van der Waals surface area contributed by atoms with Gasteiger partial charge in [0.2, 0.25) is 0 Å². The Kier molecular flexibility index (Phi) is 6.32. The number of carbonyl (C=O) groups is 2. The van der Waals surface area contributed by atoms with Gasteiger partial charge in [0.25, 0.3) is 15.9 Å². The highest BCUT2D eigenvalue weighted by molar-refractivity contribution is 7.91. The number of nitrogens with zero attached hydrogens (tertiary/aromatic N) is 3. The predicted octanol–water partition coefficient (Wildman–Crippen LogP) is 2.78. The first-order valence-corrected chi connectivity index (χ1v) is 12.2. The first-order chi connectivity index (χ1) is 15.7. The zero-order valence-electron chi connectivity index (χ0n) is 17.8. The lowest BCUT2D eigenvalue weighted by atomic mass is 10.0. The monoisotopic (exact) mass is 493 g/mol. The second-order valence-electron chi connectivity index (χ2n) is 7.31. The SMILES string of the molecule is COC(=O)c1csc(S(=O)(=O)N2CCN(C(=O)c3c(-c4ccc(F)cc4)noc3C)CC2)c1. The number of hydrogen-bond acceptors (Lipinski definition) is 8. The summed E-state index contributed by atoms with van der Waals surface area (Å²) < 4.78 is 50.4. The van der Waals surface area contributed by atoms with E-state index in [1.165, 1.54) is 52.0 Å². The second-order valence-corrected chi connectivity index (χ2v) is 10.4. The van der Waals surface area contributed by atoms with Crippen LogP contribution >= 0.6 is 11.3 Å². The van der Waals surface area contributed by atoms with Gasteiger partial charge in [-0.3, -0.25) is 4.79 Å². The Hall–Kier alpha value is -3.09. The summed E-state index contributed by atoms with van der Waals surface area (Å²) in [6, 6.07) is 6.86. The lowest BCUT2D eigenvalue weighted by molar-refractivity contribution is 0.0600. The molecule has 0 spiro atoms. The predicted molar refractivity (Wildman–Crippen MR) is 117 cm³/mol. The van der Waals surface area contributed by atoms with E-state index in [4.69, 9.17) is 4.52 Å². The maximum atomic E-state index is 13.3. The van der Waals surface area contributed by atoms with E-state index < -0.39 is 21.8 Å². The van der Waals surface area contributed by atoms with Gasteiger partial charge in [0.1, 0.15) is 27.0 Å². The van der Waals surface area contributed by atoms with Crippen LogP contribution < -0.4 is 0 Å². The molecule has 2 aromatic heterocycles. The molecule has 0 aliphatic carbocycles. The van der Waals surface area contributed by atoms with Crippen LogP contribution in [0.1, 0.15) is 26.5 Å². The highest BCUT2D eigenvalue weighted by Crippen LogP contribution is 2.29. The molecule has 1 saturated heterocycles. The van der Waals surface area contributed by atoms with Crippen molar-refractivity contribution >= 4 is 33.2 Å². The van der Waals surface area contributed by atoms with Crippen molar-refractivity contribution < 1.29 is 31.7 Å². The molecular weight excluding hydrogens is 473 g/mol. The Morgan fingerprint density at radius 3 is 2.45 bits per heavy atom. The molecule has 3 aromatic rings. The molecule has 3 heterocycles. The van der Waals surface area contributed by atoms with Crippen LogP contribution in [-0.4, -0.2) is 67.9 Å². The normalized spacial score (nSPS) is 14.9. The molecule has 1 aromatic carbocycles. The molecule has 4 rings (SSSR count). The Morgan fingerprint density at radius 2 is 1.82 bits per heavy atom. The van der Waals surface area contributed by atoms with Crippen LogP contribution in [0.25, 0.3) is 11.3 Å². The number of rotatable bonds is 5.